The average molecular weight is 507 g/mol. The Morgan fingerprint density at radius 2 is 1.03 bits per heavy atom. The van der Waals surface area contributed by atoms with Gasteiger partial charge in [-0.15, -0.1) is 0 Å². The van der Waals surface area contributed by atoms with Crippen molar-refractivity contribution in [3.05, 3.63) is 0 Å². The SMILES string of the molecule is CC(=O)O[C@H]1[C@@H]2O[Si](C(C)C)(C(C)C)O[Si](C(C)C)(C(C)C)O[C@H]2[C@@H](O)[C@@H](O)[C@@H]1OC(C)=O. The summed E-state index contributed by atoms with van der Waals surface area (Å²) < 4.78 is 31.5. The third-order valence-electron chi connectivity index (χ3n) is 6.78. The van der Waals surface area contributed by atoms with Crippen molar-refractivity contribution >= 4 is 29.1 Å². The summed E-state index contributed by atoms with van der Waals surface area (Å²) in [6, 6.07) is 0. The molecule has 2 aliphatic rings. The maximum Gasteiger partial charge on any atom is 0.335 e. The molecule has 2 N–H and O–H groups in total. The van der Waals surface area contributed by atoms with Gasteiger partial charge in [-0.3, -0.25) is 9.59 Å². The number of carbonyl (C=O) groups excluding carboxylic acids is 2. The quantitative estimate of drug-likeness (QED) is 0.414. The van der Waals surface area contributed by atoms with Crippen LogP contribution in [0.5, 0.6) is 0 Å². The Morgan fingerprint density at radius 3 is 1.39 bits per heavy atom. The van der Waals surface area contributed by atoms with Crippen LogP contribution in [0.4, 0.5) is 0 Å². The highest BCUT2D eigenvalue weighted by Crippen LogP contribution is 2.50. The average Bonchev–Trinajstić information content (AvgIpc) is 2.85. The van der Waals surface area contributed by atoms with Crippen LogP contribution in [0.15, 0.2) is 0 Å². The number of hydrogen-bond acceptors (Lipinski definition) is 9. The number of rotatable bonds is 6. The molecule has 1 saturated carbocycles. The first-order valence-electron chi connectivity index (χ1n) is 11.9. The second kappa shape index (κ2) is 10.4. The molecule has 0 unspecified atom stereocenters. The van der Waals surface area contributed by atoms with Gasteiger partial charge >= 0.3 is 29.1 Å². The van der Waals surface area contributed by atoms with Crippen LogP contribution in [-0.2, 0) is 32.0 Å². The van der Waals surface area contributed by atoms with Crippen molar-refractivity contribution < 1.29 is 42.2 Å². The van der Waals surface area contributed by atoms with Crippen LogP contribution in [0.1, 0.15) is 69.2 Å². The third-order valence-corrected chi connectivity index (χ3v) is 17.0. The fraction of sp³-hybridized carbons (Fsp3) is 0.909. The Kier molecular flexibility index (Phi) is 8.98. The predicted molar refractivity (Wildman–Crippen MR) is 126 cm³/mol. The molecule has 6 atom stereocenters. The zero-order chi connectivity index (χ0) is 25.5. The first kappa shape index (κ1) is 28.4. The number of esters is 2. The van der Waals surface area contributed by atoms with Crippen molar-refractivity contribution in [1.82, 2.24) is 0 Å². The van der Waals surface area contributed by atoms with E-state index >= 15 is 0 Å². The first-order valence-corrected chi connectivity index (χ1v) is 15.8. The molecule has 192 valence electrons. The van der Waals surface area contributed by atoms with Gasteiger partial charge in [-0.1, -0.05) is 55.4 Å². The summed E-state index contributed by atoms with van der Waals surface area (Å²) in [7, 11) is -6.09. The molecule has 9 nitrogen and oxygen atoms in total. The van der Waals surface area contributed by atoms with E-state index in [9.17, 15) is 19.8 Å². The van der Waals surface area contributed by atoms with E-state index in [-0.39, 0.29) is 22.2 Å². The number of aliphatic hydroxyl groups excluding tert-OH is 2. The molecular weight excluding hydrogens is 464 g/mol. The van der Waals surface area contributed by atoms with Crippen LogP contribution in [0, 0.1) is 0 Å². The molecule has 0 radical (unpaired) electrons. The largest absolute Gasteiger partial charge is 0.456 e. The number of hydrogen-bond donors (Lipinski definition) is 2. The lowest BCUT2D eigenvalue weighted by atomic mass is 9.84. The fourth-order valence-electron chi connectivity index (χ4n) is 5.15. The van der Waals surface area contributed by atoms with E-state index in [2.05, 4.69) is 0 Å². The Bertz CT molecular complexity index is 696. The van der Waals surface area contributed by atoms with E-state index < -0.39 is 65.7 Å². The van der Waals surface area contributed by atoms with Gasteiger partial charge in [0.05, 0.1) is 0 Å². The number of fused-ring (bicyclic) bond motifs is 1. The highest BCUT2D eigenvalue weighted by atomic mass is 28.5. The van der Waals surface area contributed by atoms with Gasteiger partial charge in [0.2, 0.25) is 0 Å². The zero-order valence-electron chi connectivity index (χ0n) is 21.5. The second-order valence-electron chi connectivity index (χ2n) is 10.5. The lowest BCUT2D eigenvalue weighted by Crippen LogP contribution is -2.68. The van der Waals surface area contributed by atoms with Crippen molar-refractivity contribution in [3.63, 3.8) is 0 Å². The van der Waals surface area contributed by atoms with E-state index in [0.29, 0.717) is 0 Å². The van der Waals surface area contributed by atoms with Crippen LogP contribution < -0.4 is 0 Å². The monoisotopic (exact) mass is 506 g/mol. The molecule has 1 heterocycles. The Labute approximate surface area is 199 Å². The minimum Gasteiger partial charge on any atom is -0.456 e. The summed E-state index contributed by atoms with van der Waals surface area (Å²) in [6.45, 7) is 18.8. The number of carbonyl (C=O) groups is 2. The summed E-state index contributed by atoms with van der Waals surface area (Å²) in [6.07, 6.45) is -7.40. The smallest absolute Gasteiger partial charge is 0.335 e. The van der Waals surface area contributed by atoms with Gasteiger partial charge in [0.25, 0.3) is 0 Å². The highest BCUT2D eigenvalue weighted by Gasteiger charge is 2.66. The van der Waals surface area contributed by atoms with Crippen molar-refractivity contribution in [2.45, 2.75) is 128 Å². The van der Waals surface area contributed by atoms with Crippen LogP contribution >= 0.6 is 0 Å². The molecule has 2 rings (SSSR count). The lowest BCUT2D eigenvalue weighted by molar-refractivity contribution is -0.233. The summed E-state index contributed by atoms with van der Waals surface area (Å²) >= 11 is 0. The third kappa shape index (κ3) is 5.24. The minimum atomic E-state index is -3.06. The Morgan fingerprint density at radius 1 is 0.667 bits per heavy atom. The number of aliphatic hydroxyl groups is 2. The lowest BCUT2D eigenvalue weighted by Gasteiger charge is -2.47. The molecule has 1 aliphatic carbocycles. The minimum absolute atomic E-state index is 0.0124. The topological polar surface area (TPSA) is 121 Å². The maximum absolute atomic E-state index is 12.1. The molecule has 0 aromatic rings. The highest BCUT2D eigenvalue weighted by molar-refractivity contribution is 6.84. The van der Waals surface area contributed by atoms with Gasteiger partial charge in [0, 0.05) is 13.8 Å². The van der Waals surface area contributed by atoms with Crippen LogP contribution in [0.2, 0.25) is 22.2 Å². The van der Waals surface area contributed by atoms with Gasteiger partial charge in [-0.2, -0.15) is 0 Å². The summed E-state index contributed by atoms with van der Waals surface area (Å²) in [4.78, 5) is 23.9. The molecule has 0 aromatic carbocycles. The van der Waals surface area contributed by atoms with E-state index in [0.717, 1.165) is 0 Å². The van der Waals surface area contributed by atoms with Gasteiger partial charge < -0.3 is 32.7 Å². The first-order chi connectivity index (χ1) is 15.1. The van der Waals surface area contributed by atoms with E-state index in [4.69, 9.17) is 22.4 Å². The Hall–Kier alpha value is -0.826. The fourth-order valence-corrected chi connectivity index (χ4v) is 16.4. The van der Waals surface area contributed by atoms with E-state index in [1.807, 2.05) is 55.4 Å². The zero-order valence-corrected chi connectivity index (χ0v) is 23.5. The van der Waals surface area contributed by atoms with E-state index in [1.54, 1.807) is 0 Å². The van der Waals surface area contributed by atoms with Gasteiger partial charge in [-0.25, -0.2) is 0 Å². The van der Waals surface area contributed by atoms with Crippen molar-refractivity contribution in [3.8, 4) is 0 Å². The molecular formula is C22H42O9Si2. The molecule has 1 aliphatic heterocycles. The van der Waals surface area contributed by atoms with Crippen molar-refractivity contribution in [2.24, 2.45) is 0 Å². The summed E-state index contributed by atoms with van der Waals surface area (Å²) in [5, 5.41) is 22.1. The molecule has 0 aromatic heterocycles. The van der Waals surface area contributed by atoms with Gasteiger partial charge in [0.1, 0.15) is 24.4 Å². The molecule has 1 saturated heterocycles. The summed E-state index contributed by atoms with van der Waals surface area (Å²) in [5.74, 6) is -1.29. The van der Waals surface area contributed by atoms with Crippen LogP contribution in [0.25, 0.3) is 0 Å². The maximum atomic E-state index is 12.1. The van der Waals surface area contributed by atoms with Crippen LogP contribution in [-0.4, -0.2) is 75.9 Å². The second-order valence-corrected chi connectivity index (χ2v) is 19.3. The standard InChI is InChI=1S/C22H42O9Si2/c1-11(2)32(12(3)4)29-20-18(26)17(25)19(27-15(9)23)21(28-16(10)24)22(20)30-33(31-32,13(5)6)14(7)8/h11-14,17-22,25-26H,1-10H3/t17-,18+,19+,20+,21-,22-/m1/s1. The normalized spacial score (nSPS) is 33.7. The molecule has 0 bridgehead atoms. The summed E-state index contributed by atoms with van der Waals surface area (Å²) in [5.41, 5.74) is 0.0654. The molecule has 0 spiro atoms. The van der Waals surface area contributed by atoms with Crippen molar-refractivity contribution in [2.75, 3.05) is 0 Å². The van der Waals surface area contributed by atoms with Crippen molar-refractivity contribution in [1.29, 1.82) is 0 Å². The van der Waals surface area contributed by atoms with Gasteiger partial charge in [-0.05, 0) is 22.2 Å². The van der Waals surface area contributed by atoms with Gasteiger partial charge in [0.15, 0.2) is 12.2 Å². The number of ether oxygens (including phenoxy) is 2. The molecule has 11 heteroatoms. The predicted octanol–water partition coefficient (Wildman–Crippen LogP) is 2.91. The molecule has 2 fully saturated rings. The molecule has 33 heavy (non-hydrogen) atoms. The Balaban J connectivity index is 2.76. The molecule has 0 amide bonds. The van der Waals surface area contributed by atoms with E-state index in [1.165, 1.54) is 13.8 Å². The van der Waals surface area contributed by atoms with Crippen LogP contribution in [0.3, 0.4) is 0 Å².